The third-order valence-corrected chi connectivity index (χ3v) is 7.54. The molecular weight excluding hydrogens is 392 g/mol. The van der Waals surface area contributed by atoms with E-state index in [0.29, 0.717) is 37.5 Å². The second-order valence-electron chi connectivity index (χ2n) is 7.36. The van der Waals surface area contributed by atoms with Gasteiger partial charge in [-0.15, -0.1) is 12.4 Å². The molecule has 0 bridgehead atoms. The first-order valence-electron chi connectivity index (χ1n) is 9.28. The standard InChI is InChI=1S/C17H28N4O4S.ClH/c1-12-16(13(2)25-19-12)26(23,24)21-8-4-7-20(9-10-21)17(22)14-5-3-6-15(18)11-14;/h14-15H,3-11,18H2,1-2H3;1H. The lowest BCUT2D eigenvalue weighted by Gasteiger charge is -2.30. The van der Waals surface area contributed by atoms with Gasteiger partial charge in [-0.2, -0.15) is 4.31 Å². The van der Waals surface area contributed by atoms with Crippen LogP contribution in [0.2, 0.25) is 0 Å². The molecule has 2 unspecified atom stereocenters. The molecule has 0 radical (unpaired) electrons. The highest BCUT2D eigenvalue weighted by molar-refractivity contribution is 7.89. The number of carbonyl (C=O) groups is 1. The van der Waals surface area contributed by atoms with Crippen molar-refractivity contribution in [3.8, 4) is 0 Å². The van der Waals surface area contributed by atoms with Crippen LogP contribution in [-0.2, 0) is 14.8 Å². The number of aromatic nitrogens is 1. The van der Waals surface area contributed by atoms with Gasteiger partial charge in [0.25, 0.3) is 0 Å². The van der Waals surface area contributed by atoms with Crippen molar-refractivity contribution in [3.63, 3.8) is 0 Å². The smallest absolute Gasteiger partial charge is 0.248 e. The molecule has 1 aliphatic heterocycles. The van der Waals surface area contributed by atoms with Gasteiger partial charge in [0.15, 0.2) is 5.76 Å². The van der Waals surface area contributed by atoms with E-state index in [2.05, 4.69) is 5.16 Å². The Morgan fingerprint density at radius 1 is 1.15 bits per heavy atom. The average Bonchev–Trinajstić information content (AvgIpc) is 2.81. The number of carbonyl (C=O) groups excluding carboxylic acids is 1. The van der Waals surface area contributed by atoms with E-state index in [4.69, 9.17) is 10.3 Å². The predicted octanol–water partition coefficient (Wildman–Crippen LogP) is 1.45. The topological polar surface area (TPSA) is 110 Å². The number of amides is 1. The molecule has 1 saturated heterocycles. The summed E-state index contributed by atoms with van der Waals surface area (Å²) in [6, 6.07) is 0.0982. The van der Waals surface area contributed by atoms with Gasteiger partial charge in [-0.3, -0.25) is 4.79 Å². The Morgan fingerprint density at radius 2 is 1.89 bits per heavy atom. The van der Waals surface area contributed by atoms with Crippen LogP contribution in [0.4, 0.5) is 0 Å². The molecule has 1 amide bonds. The summed E-state index contributed by atoms with van der Waals surface area (Å²) in [5, 5.41) is 3.75. The largest absolute Gasteiger partial charge is 0.360 e. The van der Waals surface area contributed by atoms with E-state index in [9.17, 15) is 13.2 Å². The summed E-state index contributed by atoms with van der Waals surface area (Å²) in [6.45, 7) is 4.90. The van der Waals surface area contributed by atoms with Gasteiger partial charge >= 0.3 is 0 Å². The minimum Gasteiger partial charge on any atom is -0.360 e. The summed E-state index contributed by atoms with van der Waals surface area (Å²) in [5.74, 6) is 0.400. The number of hydrogen-bond acceptors (Lipinski definition) is 6. The quantitative estimate of drug-likeness (QED) is 0.792. The minimum absolute atomic E-state index is 0. The molecule has 154 valence electrons. The van der Waals surface area contributed by atoms with Crippen LogP contribution in [0.5, 0.6) is 0 Å². The first-order valence-corrected chi connectivity index (χ1v) is 10.7. The fourth-order valence-corrected chi connectivity index (χ4v) is 5.80. The van der Waals surface area contributed by atoms with Gasteiger partial charge in [-0.25, -0.2) is 8.42 Å². The Balaban J connectivity index is 0.00000261. The van der Waals surface area contributed by atoms with Crippen LogP contribution < -0.4 is 5.73 Å². The van der Waals surface area contributed by atoms with Crippen molar-refractivity contribution in [3.05, 3.63) is 11.5 Å². The highest BCUT2D eigenvalue weighted by Crippen LogP contribution is 2.27. The molecule has 0 aromatic carbocycles. The maximum absolute atomic E-state index is 13.0. The van der Waals surface area contributed by atoms with Crippen LogP contribution in [0.15, 0.2) is 9.42 Å². The summed E-state index contributed by atoms with van der Waals surface area (Å²) in [5.41, 5.74) is 6.38. The monoisotopic (exact) mass is 420 g/mol. The lowest BCUT2D eigenvalue weighted by Crippen LogP contribution is -2.42. The predicted molar refractivity (Wildman–Crippen MR) is 103 cm³/mol. The molecule has 2 aliphatic rings. The molecule has 8 nitrogen and oxygen atoms in total. The van der Waals surface area contributed by atoms with Crippen LogP contribution in [0, 0.1) is 19.8 Å². The van der Waals surface area contributed by atoms with Crippen molar-refractivity contribution in [1.29, 1.82) is 0 Å². The van der Waals surface area contributed by atoms with E-state index < -0.39 is 10.0 Å². The average molecular weight is 421 g/mol. The molecule has 1 aliphatic carbocycles. The lowest BCUT2D eigenvalue weighted by atomic mass is 9.85. The van der Waals surface area contributed by atoms with E-state index in [-0.39, 0.29) is 41.7 Å². The molecule has 2 heterocycles. The van der Waals surface area contributed by atoms with E-state index >= 15 is 0 Å². The highest BCUT2D eigenvalue weighted by Gasteiger charge is 2.34. The van der Waals surface area contributed by atoms with Crippen LogP contribution in [0.25, 0.3) is 0 Å². The number of aryl methyl sites for hydroxylation is 2. The van der Waals surface area contributed by atoms with Crippen molar-refractivity contribution < 1.29 is 17.7 Å². The van der Waals surface area contributed by atoms with Gasteiger partial charge < -0.3 is 15.2 Å². The van der Waals surface area contributed by atoms with Gasteiger partial charge in [0.1, 0.15) is 10.6 Å². The molecule has 1 aromatic rings. The molecule has 1 aromatic heterocycles. The molecule has 2 fully saturated rings. The zero-order chi connectivity index (χ0) is 18.9. The maximum atomic E-state index is 13.0. The summed E-state index contributed by atoms with van der Waals surface area (Å²) >= 11 is 0. The molecule has 10 heteroatoms. The van der Waals surface area contributed by atoms with Gasteiger partial charge in [-0.05, 0) is 39.5 Å². The number of nitrogens with two attached hydrogens (primary N) is 1. The zero-order valence-electron chi connectivity index (χ0n) is 15.9. The Bertz CT molecular complexity index is 747. The van der Waals surface area contributed by atoms with Crippen LogP contribution >= 0.6 is 12.4 Å². The van der Waals surface area contributed by atoms with E-state index in [0.717, 1.165) is 25.7 Å². The van der Waals surface area contributed by atoms with Gasteiger partial charge in [0.2, 0.25) is 15.9 Å². The SMILES string of the molecule is Cc1noc(C)c1S(=O)(=O)N1CCCN(C(=O)C2CCCC(N)C2)CC1.Cl. The Hall–Kier alpha value is -1.16. The number of sulfonamides is 1. The molecule has 3 rings (SSSR count). The van der Waals surface area contributed by atoms with E-state index in [1.807, 2.05) is 4.90 Å². The maximum Gasteiger partial charge on any atom is 0.248 e. The summed E-state index contributed by atoms with van der Waals surface area (Å²) < 4.78 is 32.4. The zero-order valence-corrected chi connectivity index (χ0v) is 17.5. The number of nitrogens with zero attached hydrogens (tertiary/aromatic N) is 3. The van der Waals surface area contributed by atoms with Crippen molar-refractivity contribution in [2.45, 2.75) is 56.9 Å². The number of halogens is 1. The molecule has 0 spiro atoms. The normalized spacial score (nSPS) is 24.9. The third kappa shape index (κ3) is 4.64. The summed E-state index contributed by atoms with van der Waals surface area (Å²) in [6.07, 6.45) is 4.19. The molecule has 2 atom stereocenters. The van der Waals surface area contributed by atoms with Crippen LogP contribution in [0.1, 0.15) is 43.6 Å². The molecular formula is C17H29ClN4O4S. The van der Waals surface area contributed by atoms with Crippen molar-refractivity contribution in [2.24, 2.45) is 11.7 Å². The van der Waals surface area contributed by atoms with Gasteiger partial charge in [-0.1, -0.05) is 11.6 Å². The lowest BCUT2D eigenvalue weighted by molar-refractivity contribution is -0.136. The third-order valence-electron chi connectivity index (χ3n) is 5.40. The fraction of sp³-hybridized carbons (Fsp3) is 0.765. The van der Waals surface area contributed by atoms with Crippen LogP contribution in [-0.4, -0.2) is 60.9 Å². The van der Waals surface area contributed by atoms with Crippen molar-refractivity contribution in [2.75, 3.05) is 26.2 Å². The van der Waals surface area contributed by atoms with Gasteiger partial charge in [0, 0.05) is 38.1 Å². The van der Waals surface area contributed by atoms with Crippen LogP contribution in [0.3, 0.4) is 0 Å². The van der Waals surface area contributed by atoms with Crippen molar-refractivity contribution >= 4 is 28.3 Å². The first kappa shape index (κ1) is 22.1. The summed E-state index contributed by atoms with van der Waals surface area (Å²) in [4.78, 5) is 14.8. The molecule has 2 N–H and O–H groups in total. The van der Waals surface area contributed by atoms with Crippen molar-refractivity contribution in [1.82, 2.24) is 14.4 Å². The fourth-order valence-electron chi connectivity index (χ4n) is 4.04. The second kappa shape index (κ2) is 8.89. The van der Waals surface area contributed by atoms with Gasteiger partial charge in [0.05, 0.1) is 0 Å². The molecule has 1 saturated carbocycles. The minimum atomic E-state index is -3.67. The first-order chi connectivity index (χ1) is 12.3. The molecule has 27 heavy (non-hydrogen) atoms. The second-order valence-corrected chi connectivity index (χ2v) is 9.23. The Morgan fingerprint density at radius 3 is 2.52 bits per heavy atom. The highest BCUT2D eigenvalue weighted by atomic mass is 35.5. The Labute approximate surface area is 166 Å². The number of hydrogen-bond donors (Lipinski definition) is 1. The number of rotatable bonds is 3. The van der Waals surface area contributed by atoms with E-state index in [1.165, 1.54) is 4.31 Å². The Kier molecular flexibility index (Phi) is 7.29. The summed E-state index contributed by atoms with van der Waals surface area (Å²) in [7, 11) is -3.67. The van der Waals surface area contributed by atoms with E-state index in [1.54, 1.807) is 13.8 Å².